The molecule has 2 aromatic carbocycles. The molecule has 1 aliphatic rings. The number of nitrogens with zero attached hydrogens (tertiary/aromatic N) is 3. The highest BCUT2D eigenvalue weighted by atomic mass is 127. The number of nitro benzene ring substituents is 1. The molecule has 0 aromatic heterocycles. The van der Waals surface area contributed by atoms with Gasteiger partial charge in [0.05, 0.1) is 11.5 Å². The van der Waals surface area contributed by atoms with Crippen LogP contribution in [-0.2, 0) is 13.1 Å². The average molecular weight is 537 g/mol. The second-order valence-corrected chi connectivity index (χ2v) is 7.79. The smallest absolute Gasteiger partial charge is 0.269 e. The van der Waals surface area contributed by atoms with Crippen LogP contribution in [0.2, 0.25) is 0 Å². The van der Waals surface area contributed by atoms with Crippen molar-refractivity contribution in [2.24, 2.45) is 4.99 Å². The molecule has 7 nitrogen and oxygen atoms in total. The summed E-state index contributed by atoms with van der Waals surface area (Å²) in [6.07, 6.45) is 2.13. The van der Waals surface area contributed by atoms with Crippen molar-refractivity contribution in [2.75, 3.05) is 13.1 Å². The molecule has 1 heterocycles. The van der Waals surface area contributed by atoms with E-state index in [-0.39, 0.29) is 34.6 Å². The molecule has 1 aliphatic heterocycles. The summed E-state index contributed by atoms with van der Waals surface area (Å²) in [5, 5.41) is 17.7. The Hall–Kier alpha value is -2.20. The molecule has 2 N–H and O–H groups in total. The van der Waals surface area contributed by atoms with E-state index in [1.165, 1.54) is 17.7 Å². The number of hydrogen-bond donors (Lipinski definition) is 2. The Morgan fingerprint density at radius 1 is 1.16 bits per heavy atom. The summed E-state index contributed by atoms with van der Waals surface area (Å²) < 4.78 is 0. The Kier molecular flexibility index (Phi) is 10.2. The molecular formula is C23H32IN5O2. The maximum atomic E-state index is 10.8. The quantitative estimate of drug-likeness (QED) is 0.181. The first-order valence-corrected chi connectivity index (χ1v) is 10.6. The molecule has 1 fully saturated rings. The summed E-state index contributed by atoms with van der Waals surface area (Å²) in [4.78, 5) is 17.6. The SMILES string of the molecule is CCNC(=NCc1ccc([N+](=O)[O-])cc1)NC1CCN(Cc2ccccc2)C(C)C1.I. The van der Waals surface area contributed by atoms with Crippen molar-refractivity contribution >= 4 is 35.6 Å². The van der Waals surface area contributed by atoms with Crippen LogP contribution in [0.15, 0.2) is 59.6 Å². The normalized spacial score (nSPS) is 19.4. The van der Waals surface area contributed by atoms with E-state index in [0.717, 1.165) is 44.0 Å². The van der Waals surface area contributed by atoms with Crippen LogP contribution in [0.5, 0.6) is 0 Å². The molecular weight excluding hydrogens is 505 g/mol. The van der Waals surface area contributed by atoms with Crippen molar-refractivity contribution in [2.45, 2.75) is 51.9 Å². The van der Waals surface area contributed by atoms with Gasteiger partial charge in [-0.05, 0) is 37.8 Å². The molecule has 2 atom stereocenters. The maximum Gasteiger partial charge on any atom is 0.269 e. The van der Waals surface area contributed by atoms with Gasteiger partial charge in [0.25, 0.3) is 5.69 Å². The molecule has 8 heteroatoms. The molecule has 3 rings (SSSR count). The summed E-state index contributed by atoms with van der Waals surface area (Å²) >= 11 is 0. The van der Waals surface area contributed by atoms with Gasteiger partial charge in [0.2, 0.25) is 0 Å². The minimum absolute atomic E-state index is 0. The van der Waals surface area contributed by atoms with Crippen LogP contribution in [0.4, 0.5) is 5.69 Å². The number of likely N-dealkylation sites (tertiary alicyclic amines) is 1. The number of piperidine rings is 1. The van der Waals surface area contributed by atoms with Crippen LogP contribution in [-0.4, -0.2) is 41.0 Å². The van der Waals surface area contributed by atoms with Crippen LogP contribution in [0.3, 0.4) is 0 Å². The first-order chi connectivity index (χ1) is 14.5. The molecule has 0 amide bonds. The Morgan fingerprint density at radius 2 is 1.87 bits per heavy atom. The van der Waals surface area contributed by atoms with Gasteiger partial charge in [-0.2, -0.15) is 0 Å². The number of rotatable bonds is 7. The van der Waals surface area contributed by atoms with Gasteiger partial charge < -0.3 is 10.6 Å². The van der Waals surface area contributed by atoms with Crippen molar-refractivity contribution in [3.05, 3.63) is 75.8 Å². The first-order valence-electron chi connectivity index (χ1n) is 10.6. The lowest BCUT2D eigenvalue weighted by atomic mass is 9.97. The standard InChI is InChI=1S/C23H31N5O2.HI/c1-3-24-23(25-16-19-9-11-22(12-10-19)28(29)30)26-21-13-14-27(18(2)15-21)17-20-7-5-4-6-8-20;/h4-12,18,21H,3,13-17H2,1-2H3,(H2,24,25,26);1H. The predicted octanol–water partition coefficient (Wildman–Crippen LogP) is 4.32. The van der Waals surface area contributed by atoms with Crippen molar-refractivity contribution in [1.29, 1.82) is 0 Å². The van der Waals surface area contributed by atoms with Gasteiger partial charge in [-0.1, -0.05) is 42.5 Å². The zero-order chi connectivity index (χ0) is 21.3. The minimum Gasteiger partial charge on any atom is -0.357 e. The molecule has 0 bridgehead atoms. The van der Waals surface area contributed by atoms with Crippen LogP contribution in [0.1, 0.15) is 37.8 Å². The van der Waals surface area contributed by atoms with Gasteiger partial charge in [-0.15, -0.1) is 24.0 Å². The fourth-order valence-electron chi connectivity index (χ4n) is 3.81. The van der Waals surface area contributed by atoms with Crippen molar-refractivity contribution < 1.29 is 4.92 Å². The molecule has 2 aromatic rings. The van der Waals surface area contributed by atoms with Gasteiger partial charge in [-0.3, -0.25) is 15.0 Å². The van der Waals surface area contributed by atoms with E-state index in [1.807, 2.05) is 6.92 Å². The number of guanidine groups is 1. The predicted molar refractivity (Wildman–Crippen MR) is 136 cm³/mol. The number of halogens is 1. The third kappa shape index (κ3) is 7.77. The molecule has 0 radical (unpaired) electrons. The highest BCUT2D eigenvalue weighted by Crippen LogP contribution is 2.20. The molecule has 168 valence electrons. The van der Waals surface area contributed by atoms with Crippen LogP contribution in [0, 0.1) is 10.1 Å². The van der Waals surface area contributed by atoms with Gasteiger partial charge >= 0.3 is 0 Å². The van der Waals surface area contributed by atoms with Gasteiger partial charge in [0.1, 0.15) is 0 Å². The van der Waals surface area contributed by atoms with E-state index in [4.69, 9.17) is 0 Å². The van der Waals surface area contributed by atoms with E-state index < -0.39 is 0 Å². The van der Waals surface area contributed by atoms with Crippen LogP contribution in [0.25, 0.3) is 0 Å². The molecule has 1 saturated heterocycles. The van der Waals surface area contributed by atoms with Crippen molar-refractivity contribution in [3.8, 4) is 0 Å². The third-order valence-corrected chi connectivity index (χ3v) is 5.49. The zero-order valence-electron chi connectivity index (χ0n) is 18.2. The number of nitrogens with one attached hydrogen (secondary N) is 2. The lowest BCUT2D eigenvalue weighted by Crippen LogP contribution is -2.51. The van der Waals surface area contributed by atoms with E-state index in [9.17, 15) is 10.1 Å². The fraction of sp³-hybridized carbons (Fsp3) is 0.435. The molecule has 31 heavy (non-hydrogen) atoms. The molecule has 0 spiro atoms. The largest absolute Gasteiger partial charge is 0.357 e. The summed E-state index contributed by atoms with van der Waals surface area (Å²) in [7, 11) is 0. The number of nitro groups is 1. The molecule has 0 saturated carbocycles. The third-order valence-electron chi connectivity index (χ3n) is 5.49. The zero-order valence-corrected chi connectivity index (χ0v) is 20.5. The number of non-ortho nitro benzene ring substituents is 1. The van der Waals surface area contributed by atoms with Crippen LogP contribution >= 0.6 is 24.0 Å². The van der Waals surface area contributed by atoms with E-state index in [0.29, 0.717) is 18.6 Å². The highest BCUT2D eigenvalue weighted by Gasteiger charge is 2.25. The summed E-state index contributed by atoms with van der Waals surface area (Å²) in [6.45, 7) is 7.65. The Balaban J connectivity index is 0.00000341. The lowest BCUT2D eigenvalue weighted by Gasteiger charge is -2.38. The summed E-state index contributed by atoms with van der Waals surface area (Å²) in [6, 6.07) is 18.1. The van der Waals surface area contributed by atoms with Gasteiger partial charge in [0, 0.05) is 43.9 Å². The second-order valence-electron chi connectivity index (χ2n) is 7.79. The van der Waals surface area contributed by atoms with Gasteiger partial charge in [0.15, 0.2) is 5.96 Å². The van der Waals surface area contributed by atoms with E-state index in [1.54, 1.807) is 12.1 Å². The monoisotopic (exact) mass is 537 g/mol. The van der Waals surface area contributed by atoms with E-state index in [2.05, 4.69) is 57.8 Å². The maximum absolute atomic E-state index is 10.8. The van der Waals surface area contributed by atoms with Crippen LogP contribution < -0.4 is 10.6 Å². The number of hydrogen-bond acceptors (Lipinski definition) is 4. The lowest BCUT2D eigenvalue weighted by molar-refractivity contribution is -0.384. The Labute approximate surface area is 201 Å². The van der Waals surface area contributed by atoms with Gasteiger partial charge in [-0.25, -0.2) is 4.99 Å². The molecule has 2 unspecified atom stereocenters. The Morgan fingerprint density at radius 3 is 2.48 bits per heavy atom. The topological polar surface area (TPSA) is 82.8 Å². The highest BCUT2D eigenvalue weighted by molar-refractivity contribution is 14.0. The Bertz CT molecular complexity index is 845. The fourth-order valence-corrected chi connectivity index (χ4v) is 3.81. The minimum atomic E-state index is -0.385. The molecule has 0 aliphatic carbocycles. The summed E-state index contributed by atoms with van der Waals surface area (Å²) in [5.41, 5.74) is 2.40. The van der Waals surface area contributed by atoms with Crippen molar-refractivity contribution in [1.82, 2.24) is 15.5 Å². The summed E-state index contributed by atoms with van der Waals surface area (Å²) in [5.74, 6) is 0.796. The average Bonchev–Trinajstić information content (AvgIpc) is 2.75. The number of aliphatic imine (C=N–C) groups is 1. The number of benzene rings is 2. The van der Waals surface area contributed by atoms with Crippen molar-refractivity contribution in [3.63, 3.8) is 0 Å². The second kappa shape index (κ2) is 12.6. The van der Waals surface area contributed by atoms with E-state index >= 15 is 0 Å². The first kappa shape index (κ1) is 25.1.